The van der Waals surface area contributed by atoms with Gasteiger partial charge in [-0.2, -0.15) is 0 Å². The Morgan fingerprint density at radius 2 is 2.15 bits per heavy atom. The molecule has 1 aromatic rings. The van der Waals surface area contributed by atoms with Gasteiger partial charge < -0.3 is 19.9 Å². The molecular weight excluding hydrogens is 344 g/mol. The molecule has 148 valence electrons. The minimum Gasteiger partial charge on any atom is -0.454 e. The molecule has 0 spiro atoms. The maximum Gasteiger partial charge on any atom is 0.234 e. The van der Waals surface area contributed by atoms with Crippen molar-refractivity contribution in [2.24, 2.45) is 5.92 Å². The third kappa shape index (κ3) is 3.65. The number of piperidine rings is 1. The molecule has 6 nitrogen and oxygen atoms in total. The van der Waals surface area contributed by atoms with Crippen LogP contribution in [0, 0.1) is 5.92 Å². The number of likely N-dealkylation sites (tertiary alicyclic amines) is 1. The average molecular weight is 374 g/mol. The summed E-state index contributed by atoms with van der Waals surface area (Å²) in [5.41, 5.74) is 0.475. The van der Waals surface area contributed by atoms with E-state index in [2.05, 4.69) is 23.2 Å². The molecule has 2 aliphatic heterocycles. The molecule has 0 unspecified atom stereocenters. The van der Waals surface area contributed by atoms with Crippen LogP contribution in [-0.4, -0.2) is 47.9 Å². The predicted molar refractivity (Wildman–Crippen MR) is 102 cm³/mol. The fourth-order valence-corrected chi connectivity index (χ4v) is 4.96. The van der Waals surface area contributed by atoms with Crippen molar-refractivity contribution < 1.29 is 19.4 Å². The number of carbonyl (C=O) groups excluding carboxylic acids is 1. The monoisotopic (exact) mass is 374 g/mol. The van der Waals surface area contributed by atoms with Crippen LogP contribution in [-0.2, 0) is 4.79 Å². The lowest BCUT2D eigenvalue weighted by molar-refractivity contribution is -0.137. The van der Waals surface area contributed by atoms with Crippen LogP contribution in [0.5, 0.6) is 11.5 Å². The largest absolute Gasteiger partial charge is 0.454 e. The first kappa shape index (κ1) is 18.6. The van der Waals surface area contributed by atoms with Gasteiger partial charge in [0.05, 0.1) is 12.1 Å². The Balaban J connectivity index is 1.63. The smallest absolute Gasteiger partial charge is 0.234 e. The summed E-state index contributed by atoms with van der Waals surface area (Å²) in [7, 11) is 0. The summed E-state index contributed by atoms with van der Waals surface area (Å²) in [6, 6.07) is 6.06. The van der Waals surface area contributed by atoms with Crippen molar-refractivity contribution in [3.05, 3.63) is 23.8 Å². The van der Waals surface area contributed by atoms with Gasteiger partial charge in [0.1, 0.15) is 0 Å². The molecule has 0 bridgehead atoms. The molecule has 1 saturated carbocycles. The van der Waals surface area contributed by atoms with Crippen LogP contribution in [0.2, 0.25) is 0 Å². The van der Waals surface area contributed by atoms with Crippen molar-refractivity contribution >= 4 is 5.91 Å². The molecule has 2 heterocycles. The highest BCUT2D eigenvalue weighted by atomic mass is 16.7. The minimum absolute atomic E-state index is 0.0194. The normalized spacial score (nSPS) is 30.0. The van der Waals surface area contributed by atoms with Crippen LogP contribution in [0.25, 0.3) is 0 Å². The molecule has 4 rings (SSSR count). The van der Waals surface area contributed by atoms with E-state index >= 15 is 0 Å². The Bertz CT molecular complexity index is 695. The highest BCUT2D eigenvalue weighted by Gasteiger charge is 2.49. The first-order chi connectivity index (χ1) is 13.1. The molecule has 3 atom stereocenters. The standard InChI is InChI=1S/C21H30N2O4/c1-2-10-22-19(24)13-23-11-9-21(25)8-4-3-5-16(21)20(23)15-6-7-17-18(12-15)27-14-26-17/h6-7,12,16,20,25H,2-5,8-11,13-14H2,1H3,(H,22,24)/t16-,20-,21+/m0/s1. The molecule has 2 N–H and O–H groups in total. The van der Waals surface area contributed by atoms with Crippen molar-refractivity contribution in [3.63, 3.8) is 0 Å². The summed E-state index contributed by atoms with van der Waals surface area (Å²) in [4.78, 5) is 14.7. The zero-order chi connectivity index (χ0) is 18.9. The van der Waals surface area contributed by atoms with Crippen molar-refractivity contribution in [3.8, 4) is 11.5 Å². The van der Waals surface area contributed by atoms with Crippen molar-refractivity contribution in [2.45, 2.75) is 57.1 Å². The van der Waals surface area contributed by atoms with Crippen molar-refractivity contribution in [2.75, 3.05) is 26.4 Å². The Hall–Kier alpha value is -1.79. The number of benzene rings is 1. The minimum atomic E-state index is -0.629. The fourth-order valence-electron chi connectivity index (χ4n) is 4.96. The van der Waals surface area contributed by atoms with Gasteiger partial charge in [0.2, 0.25) is 12.7 Å². The second-order valence-electron chi connectivity index (χ2n) is 8.08. The molecule has 0 radical (unpaired) electrons. The molecule has 27 heavy (non-hydrogen) atoms. The highest BCUT2D eigenvalue weighted by molar-refractivity contribution is 5.78. The van der Waals surface area contributed by atoms with E-state index in [1.165, 1.54) is 0 Å². The van der Waals surface area contributed by atoms with Gasteiger partial charge >= 0.3 is 0 Å². The lowest BCUT2D eigenvalue weighted by atomic mass is 9.66. The lowest BCUT2D eigenvalue weighted by Crippen LogP contribution is -2.56. The summed E-state index contributed by atoms with van der Waals surface area (Å²) in [6.45, 7) is 4.10. The Morgan fingerprint density at radius 1 is 1.30 bits per heavy atom. The number of fused-ring (bicyclic) bond motifs is 2. The number of amides is 1. The van der Waals surface area contributed by atoms with E-state index in [0.717, 1.165) is 62.1 Å². The molecular formula is C21H30N2O4. The molecule has 1 aliphatic carbocycles. The number of hydrogen-bond acceptors (Lipinski definition) is 5. The Morgan fingerprint density at radius 3 is 3.00 bits per heavy atom. The molecule has 1 amide bonds. The highest BCUT2D eigenvalue weighted by Crippen LogP contribution is 2.50. The van der Waals surface area contributed by atoms with Crippen LogP contribution in [0.3, 0.4) is 0 Å². The molecule has 1 aromatic carbocycles. The van der Waals surface area contributed by atoms with Gasteiger partial charge in [-0.3, -0.25) is 9.69 Å². The van der Waals surface area contributed by atoms with Gasteiger partial charge in [-0.25, -0.2) is 0 Å². The number of ether oxygens (including phenoxy) is 2. The number of hydrogen-bond donors (Lipinski definition) is 2. The number of nitrogens with zero attached hydrogens (tertiary/aromatic N) is 1. The van der Waals surface area contributed by atoms with Gasteiger partial charge in [0.15, 0.2) is 11.5 Å². The van der Waals surface area contributed by atoms with E-state index in [0.29, 0.717) is 13.1 Å². The van der Waals surface area contributed by atoms with Crippen molar-refractivity contribution in [1.29, 1.82) is 0 Å². The van der Waals surface area contributed by atoms with Gasteiger partial charge in [-0.1, -0.05) is 25.8 Å². The summed E-state index contributed by atoms with van der Waals surface area (Å²) in [5.74, 6) is 1.72. The van der Waals surface area contributed by atoms with Crippen LogP contribution in [0.4, 0.5) is 0 Å². The van der Waals surface area contributed by atoms with Gasteiger partial charge in [-0.15, -0.1) is 0 Å². The van der Waals surface area contributed by atoms with E-state index in [-0.39, 0.29) is 24.7 Å². The van der Waals surface area contributed by atoms with E-state index in [4.69, 9.17) is 9.47 Å². The maximum atomic E-state index is 12.4. The van der Waals surface area contributed by atoms with E-state index in [1.54, 1.807) is 0 Å². The van der Waals surface area contributed by atoms with Crippen molar-refractivity contribution in [1.82, 2.24) is 10.2 Å². The quantitative estimate of drug-likeness (QED) is 0.829. The molecule has 6 heteroatoms. The Kier molecular flexibility index (Phi) is 5.28. The summed E-state index contributed by atoms with van der Waals surface area (Å²) >= 11 is 0. The number of aliphatic hydroxyl groups is 1. The first-order valence-electron chi connectivity index (χ1n) is 10.2. The Labute approximate surface area is 160 Å². The van der Waals surface area contributed by atoms with Crippen LogP contribution in [0.1, 0.15) is 57.1 Å². The van der Waals surface area contributed by atoms with Gasteiger partial charge in [0, 0.05) is 25.0 Å². The second kappa shape index (κ2) is 7.68. The summed E-state index contributed by atoms with van der Waals surface area (Å²) < 4.78 is 11.0. The van der Waals surface area contributed by atoms with E-state index in [9.17, 15) is 9.90 Å². The topological polar surface area (TPSA) is 71.0 Å². The third-order valence-electron chi connectivity index (χ3n) is 6.33. The molecule has 0 aromatic heterocycles. The maximum absolute atomic E-state index is 12.4. The average Bonchev–Trinajstić information content (AvgIpc) is 3.14. The van der Waals surface area contributed by atoms with E-state index < -0.39 is 5.60 Å². The van der Waals surface area contributed by atoms with Gasteiger partial charge in [0.25, 0.3) is 0 Å². The van der Waals surface area contributed by atoms with Crippen LogP contribution < -0.4 is 14.8 Å². The molecule has 1 saturated heterocycles. The summed E-state index contributed by atoms with van der Waals surface area (Å²) in [6.07, 6.45) is 5.72. The fraction of sp³-hybridized carbons (Fsp3) is 0.667. The second-order valence-corrected chi connectivity index (χ2v) is 8.08. The number of carbonyl (C=O) groups is 1. The first-order valence-corrected chi connectivity index (χ1v) is 10.2. The zero-order valence-corrected chi connectivity index (χ0v) is 16.1. The third-order valence-corrected chi connectivity index (χ3v) is 6.33. The van der Waals surface area contributed by atoms with Crippen LogP contribution in [0.15, 0.2) is 18.2 Å². The lowest BCUT2D eigenvalue weighted by Gasteiger charge is -2.52. The molecule has 2 fully saturated rings. The zero-order valence-electron chi connectivity index (χ0n) is 16.1. The summed E-state index contributed by atoms with van der Waals surface area (Å²) in [5, 5.41) is 14.3. The molecule has 3 aliphatic rings. The SMILES string of the molecule is CCCNC(=O)CN1CC[C@]2(O)CCCC[C@H]2[C@@H]1c1ccc2c(c1)OCO2. The number of nitrogens with one attached hydrogen (secondary N) is 1. The predicted octanol–water partition coefficient (Wildman–Crippen LogP) is 2.61. The number of rotatable bonds is 5. The van der Waals surface area contributed by atoms with E-state index in [1.807, 2.05) is 12.1 Å². The van der Waals surface area contributed by atoms with Crippen LogP contribution >= 0.6 is 0 Å². The van der Waals surface area contributed by atoms with Gasteiger partial charge in [-0.05, 0) is 43.4 Å².